The third kappa shape index (κ3) is 3.61. The second-order valence-corrected chi connectivity index (χ2v) is 9.58. The average molecular weight is 444 g/mol. The fourth-order valence-corrected chi connectivity index (χ4v) is 6.65. The minimum Gasteiger partial charge on any atom is -0.208 e. The minimum atomic E-state index is -4.03. The molecular weight excluding hydrogens is 431 g/mol. The lowest BCUT2D eigenvalue weighted by Crippen LogP contribution is -2.58. The molecule has 9 heteroatoms. The molecule has 0 aliphatic rings. The number of hydrogen-bond acceptors (Lipinski definition) is 0. The van der Waals surface area contributed by atoms with Crippen LogP contribution in [0.1, 0.15) is 16.7 Å². The number of hydrogen-bond donors (Lipinski definition) is 0. The Hall–Kier alpha value is -2.37. The van der Waals surface area contributed by atoms with Crippen molar-refractivity contribution in [2.75, 3.05) is 0 Å². The van der Waals surface area contributed by atoms with E-state index in [2.05, 4.69) is 0 Å². The molecule has 0 bridgehead atoms. The van der Waals surface area contributed by atoms with Crippen molar-refractivity contribution in [3.05, 3.63) is 87.5 Å². The van der Waals surface area contributed by atoms with E-state index in [9.17, 15) is 35.1 Å². The molecule has 0 aromatic heterocycles. The standard InChI is InChI=1S/2C7H4F3.C7H5F2.Al/c2*1-4-6(9)2-5(8)3-7(4)10;1-5-2-3-6(8)4-7(5)9;/h2*2H,1H3;2,4H,1H3;. The zero-order chi connectivity index (χ0) is 22.5. The molecule has 0 saturated carbocycles. The van der Waals surface area contributed by atoms with Gasteiger partial charge in [-0.15, -0.1) is 0 Å². The number of rotatable bonds is 3. The van der Waals surface area contributed by atoms with Crippen LogP contribution in [0.25, 0.3) is 0 Å². The van der Waals surface area contributed by atoms with Gasteiger partial charge in [-0.2, -0.15) is 0 Å². The van der Waals surface area contributed by atoms with Crippen LogP contribution in [0.5, 0.6) is 0 Å². The molecule has 3 rings (SSSR count). The first-order valence-electron chi connectivity index (χ1n) is 8.69. The summed E-state index contributed by atoms with van der Waals surface area (Å²) in [6, 6.07) is 1.99. The Morgan fingerprint density at radius 3 is 1.33 bits per heavy atom. The van der Waals surface area contributed by atoms with Crippen molar-refractivity contribution in [3.8, 4) is 0 Å². The summed E-state index contributed by atoms with van der Waals surface area (Å²) in [7, 11) is 0. The normalized spacial score (nSPS) is 11.2. The van der Waals surface area contributed by atoms with Crippen molar-refractivity contribution in [2.45, 2.75) is 20.8 Å². The fraction of sp³-hybridized carbons (Fsp3) is 0.143. The van der Waals surface area contributed by atoms with Crippen LogP contribution in [0.4, 0.5) is 35.1 Å². The van der Waals surface area contributed by atoms with Gasteiger partial charge < -0.3 is 0 Å². The molecule has 0 radical (unpaired) electrons. The number of benzene rings is 3. The van der Waals surface area contributed by atoms with E-state index in [-0.39, 0.29) is 5.56 Å². The maximum absolute atomic E-state index is 14.9. The van der Waals surface area contributed by atoms with E-state index in [1.54, 1.807) is 0 Å². The third-order valence-electron chi connectivity index (χ3n) is 5.04. The van der Waals surface area contributed by atoms with E-state index in [0.717, 1.165) is 19.9 Å². The van der Waals surface area contributed by atoms with Gasteiger partial charge in [-0.25, -0.2) is 35.1 Å². The lowest BCUT2D eigenvalue weighted by molar-refractivity contribution is 0.539. The molecule has 0 saturated heterocycles. The van der Waals surface area contributed by atoms with Crippen LogP contribution in [0, 0.1) is 67.3 Å². The minimum absolute atomic E-state index is 0.136. The molecule has 0 amide bonds. The Labute approximate surface area is 171 Å². The predicted octanol–water partition coefficient (Wildman–Crippen LogP) is 4.24. The SMILES string of the molecule is Cc1c[c]([Al]([c]2c(F)cc(F)c(C)c2F)[c]2c(F)cc(F)c(C)c2F)c(F)cc1F. The Kier molecular flexibility index (Phi) is 5.99. The van der Waals surface area contributed by atoms with Crippen molar-refractivity contribution in [1.29, 1.82) is 0 Å². The molecule has 0 heterocycles. The maximum atomic E-state index is 14.9. The van der Waals surface area contributed by atoms with Crippen LogP contribution in [-0.4, -0.2) is 14.1 Å². The summed E-state index contributed by atoms with van der Waals surface area (Å²) >= 11 is -4.03. The van der Waals surface area contributed by atoms with Gasteiger partial charge in [0.15, 0.2) is 0 Å². The van der Waals surface area contributed by atoms with Crippen LogP contribution < -0.4 is 13.3 Å². The van der Waals surface area contributed by atoms with E-state index in [4.69, 9.17) is 0 Å². The first kappa shape index (κ1) is 22.3. The molecule has 3 aromatic carbocycles. The first-order valence-corrected chi connectivity index (χ1v) is 10.4. The topological polar surface area (TPSA) is 0 Å². The Bertz CT molecular complexity index is 1110. The summed E-state index contributed by atoms with van der Waals surface area (Å²) in [5.74, 6) is -10.6. The predicted molar refractivity (Wildman–Crippen MR) is 97.9 cm³/mol. The largest absolute Gasteiger partial charge is 0.407 e. The van der Waals surface area contributed by atoms with Crippen LogP contribution in [-0.2, 0) is 0 Å². The molecule has 0 nitrogen and oxygen atoms in total. The van der Waals surface area contributed by atoms with Gasteiger partial charge in [0.1, 0.15) is 46.5 Å². The van der Waals surface area contributed by atoms with Gasteiger partial charge in [0, 0.05) is 29.3 Å². The van der Waals surface area contributed by atoms with Gasteiger partial charge in [0.2, 0.25) is 0 Å². The van der Waals surface area contributed by atoms with Crippen molar-refractivity contribution in [2.24, 2.45) is 0 Å². The second kappa shape index (κ2) is 8.05. The fourth-order valence-electron chi connectivity index (χ4n) is 3.30. The molecule has 0 aliphatic carbocycles. The van der Waals surface area contributed by atoms with Gasteiger partial charge in [-0.3, -0.25) is 0 Å². The molecule has 0 N–H and O–H groups in total. The summed E-state index contributed by atoms with van der Waals surface area (Å²) in [5, 5.41) is 0. The summed E-state index contributed by atoms with van der Waals surface area (Å²) < 4.78 is 113. The summed E-state index contributed by atoms with van der Waals surface area (Å²) in [6.45, 7) is 3.19. The zero-order valence-electron chi connectivity index (χ0n) is 15.9. The molecule has 0 aliphatic heterocycles. The van der Waals surface area contributed by atoms with E-state index in [1.807, 2.05) is 0 Å². The Morgan fingerprint density at radius 2 is 0.900 bits per heavy atom. The zero-order valence-corrected chi connectivity index (χ0v) is 17.1. The van der Waals surface area contributed by atoms with Gasteiger partial charge in [-0.1, -0.05) is 10.5 Å². The molecule has 0 atom stereocenters. The smallest absolute Gasteiger partial charge is 0.208 e. The van der Waals surface area contributed by atoms with Gasteiger partial charge in [0.25, 0.3) is 0 Å². The molecule has 3 aromatic rings. The summed E-state index contributed by atoms with van der Waals surface area (Å²) in [6.07, 6.45) is 0. The van der Waals surface area contributed by atoms with E-state index in [1.165, 1.54) is 6.92 Å². The highest BCUT2D eigenvalue weighted by Crippen LogP contribution is 2.18. The number of halogens is 8. The van der Waals surface area contributed by atoms with Gasteiger partial charge >= 0.3 is 14.1 Å². The van der Waals surface area contributed by atoms with Crippen molar-refractivity contribution in [1.82, 2.24) is 0 Å². The van der Waals surface area contributed by atoms with E-state index in [0.29, 0.717) is 18.2 Å². The highest BCUT2D eigenvalue weighted by molar-refractivity contribution is 6.95. The quantitative estimate of drug-likeness (QED) is 0.419. The third-order valence-corrected chi connectivity index (χ3v) is 8.31. The Balaban J connectivity index is 2.50. The maximum Gasteiger partial charge on any atom is 0.407 e. The van der Waals surface area contributed by atoms with Crippen LogP contribution in [0.15, 0.2) is 24.3 Å². The first-order chi connectivity index (χ1) is 14.0. The van der Waals surface area contributed by atoms with Crippen molar-refractivity contribution < 1.29 is 35.1 Å². The molecule has 156 valence electrons. The average Bonchev–Trinajstić information content (AvgIpc) is 2.66. The van der Waals surface area contributed by atoms with Crippen LogP contribution in [0.2, 0.25) is 0 Å². The molecule has 30 heavy (non-hydrogen) atoms. The highest BCUT2D eigenvalue weighted by Gasteiger charge is 2.40. The van der Waals surface area contributed by atoms with Gasteiger partial charge in [-0.05, 0) is 35.2 Å². The van der Waals surface area contributed by atoms with Crippen molar-refractivity contribution in [3.63, 3.8) is 0 Å². The lowest BCUT2D eigenvalue weighted by atomic mass is 10.2. The van der Waals surface area contributed by atoms with Crippen LogP contribution >= 0.6 is 0 Å². The molecule has 0 fully saturated rings. The Morgan fingerprint density at radius 1 is 0.500 bits per heavy atom. The molecule has 0 unspecified atom stereocenters. The monoisotopic (exact) mass is 444 g/mol. The van der Waals surface area contributed by atoms with Crippen molar-refractivity contribution >= 4 is 27.4 Å². The van der Waals surface area contributed by atoms with E-state index < -0.39 is 85.1 Å². The summed E-state index contributed by atoms with van der Waals surface area (Å²) in [4.78, 5) is 0. The second-order valence-electron chi connectivity index (χ2n) is 6.94. The van der Waals surface area contributed by atoms with E-state index >= 15 is 0 Å². The summed E-state index contributed by atoms with van der Waals surface area (Å²) in [5.41, 5.74) is -1.41. The molecular formula is C21H13AlF8. The van der Waals surface area contributed by atoms with Gasteiger partial charge in [0.05, 0.1) is 0 Å². The number of aryl methyl sites for hydroxylation is 1. The highest BCUT2D eigenvalue weighted by atomic mass is 27.2. The van der Waals surface area contributed by atoms with Crippen LogP contribution in [0.3, 0.4) is 0 Å². The molecule has 0 spiro atoms. The lowest BCUT2D eigenvalue weighted by Gasteiger charge is -2.20.